The number of carbonyl (C=O) groups is 11. The Kier molecular flexibility index (Phi) is 26.6. The van der Waals surface area contributed by atoms with E-state index in [9.17, 15) is 52.7 Å². The number of Topliss-reactive ketones (excluding diaryl/α,β-unsaturated/α-hetero) is 1. The molecule has 29 nitrogen and oxygen atoms in total. The van der Waals surface area contributed by atoms with Gasteiger partial charge in [-0.3, -0.25) is 52.7 Å². The number of nitrogens with zero attached hydrogens (tertiary/aromatic N) is 3. The first-order valence-electron chi connectivity index (χ1n) is 30.1. The van der Waals surface area contributed by atoms with Crippen LogP contribution >= 0.6 is 23.5 Å². The molecule has 0 saturated carbocycles. The van der Waals surface area contributed by atoms with E-state index in [0.717, 1.165) is 36.6 Å². The summed E-state index contributed by atoms with van der Waals surface area (Å²) in [6.45, 7) is 4.84. The van der Waals surface area contributed by atoms with E-state index in [2.05, 4.69) is 72.6 Å². The van der Waals surface area contributed by atoms with Crippen LogP contribution in [0.4, 0.5) is 0 Å². The number of hydrogen-bond acceptors (Lipinski definition) is 18. The molecule has 5 heterocycles. The highest BCUT2D eigenvalue weighted by atomic mass is 32.2. The molecule has 3 aliphatic rings. The standard InChI is InChI=1S/C60H80N16O13S2/c1-33-54(81)76-49-30-91-28-37-16-36(17-42(18-37)88-14-8-4-5-9-15-89-68-26-52(79)69-33)27-90-29-48(53(62)80)75-56(83)34(2)70-57(84)38(19-40-24-63-31-66-40)21-50(77)45(12-13-51(61)78)72-59(86)47(22-41-25-64-32-67-41)74-58(85)46(73-55(82)35(3)71-60(49)87)20-39-23-65-44-11-7-6-10-43(39)44/h6-7,10-11,16-17,23-26,31-35,37-38,45-49,65H,4-5,8-9,12-15,18-22,27-30H2,1-3H3,(H2,61,78)(H2,62,80)(H,63,66)(H,64,67)(H,69,79)(H,70,84)(H,71,87)(H,72,86)(H,73,82)(H,74,85)(H,75,83)(H,76,81)/b68-26+/t33-,34-,35-,37?,38+,45+,46-,47-,48-,49-/m0/s1. The predicted octanol–water partition coefficient (Wildman–Crippen LogP) is -0.191. The topological polar surface area (TPSA) is 440 Å². The predicted molar refractivity (Wildman–Crippen MR) is 338 cm³/mol. The Bertz CT molecular complexity index is 3300. The largest absolute Gasteiger partial charge is 0.498 e. The smallest absolute Gasteiger partial charge is 0.266 e. The van der Waals surface area contributed by atoms with Crippen molar-refractivity contribution in [2.45, 2.75) is 140 Å². The van der Waals surface area contributed by atoms with Crippen LogP contribution in [0.3, 0.4) is 0 Å². The SMILES string of the molecule is C[C@@H]1NC(=O)/C=N/OCCCCCCOC2=CC3=CC(CSC[C@H](NC1=O)C(=O)N[C@@H](C)C(=O)N[C@@H](Cc1c[nH]c4ccccc14)C(=O)N[C@@H](Cc1cnc[nH]1)C(=O)N[C@H](CCC(N)=O)C(=O)C[C@@H](Cc1cnc[nH]1)C(=O)N[C@@H](C)C(=O)N[C@H](C(N)=O)CSC3)C2. The lowest BCUT2D eigenvalue weighted by molar-refractivity contribution is -0.135. The molecule has 31 heteroatoms. The van der Waals surface area contributed by atoms with E-state index >= 15 is 0 Å². The second-order valence-electron chi connectivity index (χ2n) is 22.6. The number of para-hydroxylation sites is 1. The van der Waals surface area contributed by atoms with Crippen LogP contribution in [-0.4, -0.2) is 181 Å². The van der Waals surface area contributed by atoms with Crippen molar-refractivity contribution in [3.63, 3.8) is 0 Å². The van der Waals surface area contributed by atoms with Crippen molar-refractivity contribution < 1.29 is 62.3 Å². The molecule has 1 unspecified atom stereocenters. The van der Waals surface area contributed by atoms with Crippen molar-refractivity contribution in [3.8, 4) is 0 Å². The van der Waals surface area contributed by atoms with Crippen LogP contribution < -0.4 is 54.0 Å². The lowest BCUT2D eigenvalue weighted by atomic mass is 9.91. The number of oxime groups is 1. The minimum atomic E-state index is -1.51. The van der Waals surface area contributed by atoms with Gasteiger partial charge in [-0.05, 0) is 82.1 Å². The maximum atomic E-state index is 14.9. The van der Waals surface area contributed by atoms with Crippen molar-refractivity contribution in [1.29, 1.82) is 0 Å². The number of ketones is 1. The number of aromatic amines is 3. The lowest BCUT2D eigenvalue weighted by Gasteiger charge is -2.27. The molecule has 0 spiro atoms. The third-order valence-electron chi connectivity index (χ3n) is 15.2. The number of carbonyl (C=O) groups excluding carboxylic acids is 11. The number of H-pyrrole nitrogens is 3. The number of thioether (sulfide) groups is 2. The zero-order valence-electron chi connectivity index (χ0n) is 50.8. The zero-order valence-corrected chi connectivity index (χ0v) is 52.5. The molecule has 3 aromatic heterocycles. The molecule has 1 aromatic carbocycles. The van der Waals surface area contributed by atoms with Gasteiger partial charge in [0.15, 0.2) is 5.78 Å². The van der Waals surface area contributed by atoms with Gasteiger partial charge in [0.1, 0.15) is 55.1 Å². The number of ether oxygens (including phenoxy) is 1. The maximum Gasteiger partial charge on any atom is 0.266 e. The fourth-order valence-corrected chi connectivity index (χ4v) is 12.3. The summed E-state index contributed by atoms with van der Waals surface area (Å²) in [4.78, 5) is 175. The summed E-state index contributed by atoms with van der Waals surface area (Å²) in [6, 6.07) is -3.51. The molecular formula is C60H80N16O13S2. The Balaban J connectivity index is 1.24. The Morgan fingerprint density at radius 2 is 1.26 bits per heavy atom. The van der Waals surface area contributed by atoms with Crippen molar-refractivity contribution in [3.05, 3.63) is 95.9 Å². The van der Waals surface area contributed by atoms with Gasteiger partial charge in [0.05, 0.1) is 37.0 Å². The number of amides is 10. The summed E-state index contributed by atoms with van der Waals surface area (Å²) in [6.07, 6.45) is 13.8. The van der Waals surface area contributed by atoms with E-state index in [-0.39, 0.29) is 49.7 Å². The molecule has 91 heavy (non-hydrogen) atoms. The third kappa shape index (κ3) is 22.2. The van der Waals surface area contributed by atoms with Gasteiger partial charge in [0, 0.05) is 102 Å². The third-order valence-corrected chi connectivity index (χ3v) is 17.5. The van der Waals surface area contributed by atoms with Gasteiger partial charge in [-0.1, -0.05) is 29.4 Å². The van der Waals surface area contributed by atoms with Crippen LogP contribution in [0.5, 0.6) is 0 Å². The van der Waals surface area contributed by atoms with Gasteiger partial charge < -0.3 is 78.5 Å². The number of hydrogen-bond donors (Lipinski definition) is 13. The zero-order chi connectivity index (χ0) is 65.4. The molecule has 0 fully saturated rings. The number of imidazole rings is 2. The Morgan fingerprint density at radius 1 is 0.626 bits per heavy atom. The van der Waals surface area contributed by atoms with Gasteiger partial charge in [-0.15, -0.1) is 0 Å². The monoisotopic (exact) mass is 1300 g/mol. The van der Waals surface area contributed by atoms with Crippen molar-refractivity contribution in [2.75, 3.05) is 36.2 Å². The molecule has 10 atom stereocenters. The average molecular weight is 1300 g/mol. The number of rotatable bonds is 10. The number of nitrogens with two attached hydrogens (primary N) is 2. The number of primary amides is 2. The lowest BCUT2D eigenvalue weighted by Crippen LogP contribution is -2.60. The van der Waals surface area contributed by atoms with Crippen molar-refractivity contribution in [1.82, 2.24) is 67.5 Å². The molecular weight excluding hydrogens is 1220 g/mol. The molecule has 10 amide bonds. The fourth-order valence-electron chi connectivity index (χ4n) is 10.2. The van der Waals surface area contributed by atoms with Crippen LogP contribution in [0.25, 0.3) is 10.9 Å². The molecule has 4 aromatic rings. The summed E-state index contributed by atoms with van der Waals surface area (Å²) >= 11 is 2.63. The maximum absolute atomic E-state index is 14.9. The van der Waals surface area contributed by atoms with Gasteiger partial charge in [0.25, 0.3) is 5.91 Å². The van der Waals surface area contributed by atoms with Crippen LogP contribution in [0.15, 0.2) is 84.2 Å². The summed E-state index contributed by atoms with van der Waals surface area (Å²) in [5, 5.41) is 25.8. The summed E-state index contributed by atoms with van der Waals surface area (Å²) in [7, 11) is 0. The van der Waals surface area contributed by atoms with Gasteiger partial charge in [-0.2, -0.15) is 23.5 Å². The molecule has 4 bridgehead atoms. The molecule has 15 N–H and O–H groups in total. The van der Waals surface area contributed by atoms with Crippen LogP contribution in [0.2, 0.25) is 0 Å². The Hall–Kier alpha value is -9.00. The highest BCUT2D eigenvalue weighted by Crippen LogP contribution is 2.30. The van der Waals surface area contributed by atoms with Crippen LogP contribution in [0, 0.1) is 11.8 Å². The number of allylic oxidation sites excluding steroid dienone is 3. The van der Waals surface area contributed by atoms with Gasteiger partial charge >= 0.3 is 0 Å². The van der Waals surface area contributed by atoms with Crippen molar-refractivity contribution in [2.24, 2.45) is 28.5 Å². The van der Waals surface area contributed by atoms with Crippen molar-refractivity contribution >= 4 is 105 Å². The second kappa shape index (κ2) is 34.8. The average Bonchev–Trinajstić information content (AvgIpc) is 2.74. The quantitative estimate of drug-likeness (QED) is 0.0979. The van der Waals surface area contributed by atoms with E-state index in [1.807, 2.05) is 30.4 Å². The first-order valence-corrected chi connectivity index (χ1v) is 32.4. The normalized spacial score (nSPS) is 26.4. The highest BCUT2D eigenvalue weighted by molar-refractivity contribution is 7.99. The molecule has 0 saturated heterocycles. The molecule has 0 radical (unpaired) electrons. The molecule has 490 valence electrons. The summed E-state index contributed by atoms with van der Waals surface area (Å²) < 4.78 is 6.32. The van der Waals surface area contributed by atoms with Gasteiger partial charge in [0.2, 0.25) is 53.2 Å². The highest BCUT2D eigenvalue weighted by Gasteiger charge is 2.36. The fraction of sp³-hybridized carbons (Fsp3) is 0.500. The van der Waals surface area contributed by atoms with Crippen LogP contribution in [0.1, 0.15) is 89.1 Å². The van der Waals surface area contributed by atoms with E-state index in [1.54, 1.807) is 12.3 Å². The molecule has 1 aliphatic carbocycles. The van der Waals surface area contributed by atoms with E-state index < -0.39 is 132 Å². The van der Waals surface area contributed by atoms with E-state index in [1.165, 1.54) is 69.3 Å². The van der Waals surface area contributed by atoms with Crippen LogP contribution in [-0.2, 0) is 81.6 Å². The van der Waals surface area contributed by atoms with Gasteiger partial charge in [-0.25, -0.2) is 9.97 Å². The number of nitrogens with one attached hydrogen (secondary N) is 11. The molecule has 7 rings (SSSR count). The number of fused-ring (bicyclic) bond motifs is 5. The minimum Gasteiger partial charge on any atom is -0.498 e. The summed E-state index contributed by atoms with van der Waals surface area (Å²) in [5.41, 5.74) is 14.4. The summed E-state index contributed by atoms with van der Waals surface area (Å²) in [5.74, 6) is -8.70. The first kappa shape index (κ1) is 69.5. The first-order chi connectivity index (χ1) is 43.7. The molecule has 2 aliphatic heterocycles. The minimum absolute atomic E-state index is 0.0237. The Morgan fingerprint density at radius 3 is 1.97 bits per heavy atom. The van der Waals surface area contributed by atoms with E-state index in [0.29, 0.717) is 59.1 Å². The number of aromatic nitrogens is 5. The number of benzene rings is 1. The second-order valence-corrected chi connectivity index (χ2v) is 24.7. The van der Waals surface area contributed by atoms with E-state index in [4.69, 9.17) is 21.0 Å². The Labute approximate surface area is 533 Å².